The van der Waals surface area contributed by atoms with Crippen LogP contribution in [-0.4, -0.2) is 46.9 Å². The summed E-state index contributed by atoms with van der Waals surface area (Å²) in [5.41, 5.74) is 0. The second kappa shape index (κ2) is 50.6. The maximum absolute atomic E-state index is 13.2. The van der Waals surface area contributed by atoms with Crippen molar-refractivity contribution in [2.45, 2.75) is 328 Å². The number of rotatable bonds is 51. The molecule has 0 radical (unpaired) electrons. The fourth-order valence-electron chi connectivity index (χ4n) is 8.84. The molecular weight excluding hydrogens is 767 g/mol. The highest BCUT2D eigenvalue weighted by Crippen LogP contribution is 2.19. The van der Waals surface area contributed by atoms with E-state index in [0.29, 0.717) is 19.3 Å². The van der Waals surface area contributed by atoms with E-state index in [4.69, 9.17) is 4.74 Å². The predicted molar refractivity (Wildman–Crippen MR) is 269 cm³/mol. The summed E-state index contributed by atoms with van der Waals surface area (Å²) in [6.45, 7) is 6.51. The van der Waals surface area contributed by atoms with Crippen molar-refractivity contribution >= 4 is 11.9 Å². The Balaban J connectivity index is 4.42. The number of aliphatic hydroxyl groups excluding tert-OH is 2. The molecule has 0 bridgehead atoms. The summed E-state index contributed by atoms with van der Waals surface area (Å²) >= 11 is 0. The molecule has 0 aliphatic heterocycles. The van der Waals surface area contributed by atoms with E-state index in [-0.39, 0.29) is 24.9 Å². The molecule has 0 fully saturated rings. The number of ether oxygens (including phenoxy) is 1. The number of nitrogens with one attached hydrogen (secondary N) is 1. The van der Waals surface area contributed by atoms with E-state index in [0.717, 1.165) is 51.4 Å². The van der Waals surface area contributed by atoms with E-state index < -0.39 is 18.2 Å². The predicted octanol–water partition coefficient (Wildman–Crippen LogP) is 16.9. The first-order valence-electron chi connectivity index (χ1n) is 27.9. The van der Waals surface area contributed by atoms with Gasteiger partial charge < -0.3 is 20.3 Å². The van der Waals surface area contributed by atoms with Crippen LogP contribution in [0.2, 0.25) is 0 Å². The van der Waals surface area contributed by atoms with Gasteiger partial charge in [0, 0.05) is 6.42 Å². The van der Waals surface area contributed by atoms with Crippen molar-refractivity contribution in [2.24, 2.45) is 0 Å². The number of carbonyl (C=O) groups excluding carboxylic acids is 2. The van der Waals surface area contributed by atoms with Crippen molar-refractivity contribution in [1.82, 2.24) is 5.32 Å². The van der Waals surface area contributed by atoms with Gasteiger partial charge in [-0.25, -0.2) is 0 Å². The Bertz CT molecular complexity index is 939. The molecule has 0 rings (SSSR count). The van der Waals surface area contributed by atoms with Crippen LogP contribution in [-0.2, 0) is 14.3 Å². The van der Waals surface area contributed by atoms with Crippen LogP contribution in [0.4, 0.5) is 0 Å². The molecule has 0 aromatic heterocycles. The van der Waals surface area contributed by atoms with Crippen LogP contribution in [0.25, 0.3) is 0 Å². The summed E-state index contributed by atoms with van der Waals surface area (Å²) < 4.78 is 5.94. The Morgan fingerprint density at radius 2 is 0.774 bits per heavy atom. The SMILES string of the molecule is CCCCCCCCCCC/C=C/CCCCCCCC(=O)OC(CCCCCCCCCCCC)CC(=O)NC(CO)C(O)CCCCCCCCCCCCCCCCC. The average molecular weight is 876 g/mol. The molecule has 368 valence electrons. The van der Waals surface area contributed by atoms with Gasteiger partial charge in [0.05, 0.1) is 25.2 Å². The molecular formula is C56H109NO5. The first kappa shape index (κ1) is 60.6. The maximum atomic E-state index is 13.2. The lowest BCUT2D eigenvalue weighted by Crippen LogP contribution is -2.46. The lowest BCUT2D eigenvalue weighted by molar-refractivity contribution is -0.151. The summed E-state index contributed by atoms with van der Waals surface area (Å²) in [4.78, 5) is 26.2. The molecule has 3 N–H and O–H groups in total. The molecule has 0 aromatic rings. The van der Waals surface area contributed by atoms with Crippen molar-refractivity contribution in [2.75, 3.05) is 6.61 Å². The number of allylic oxidation sites excluding steroid dienone is 2. The molecule has 0 aromatic carbocycles. The molecule has 62 heavy (non-hydrogen) atoms. The molecule has 6 heteroatoms. The fourth-order valence-corrected chi connectivity index (χ4v) is 8.84. The second-order valence-corrected chi connectivity index (χ2v) is 19.3. The van der Waals surface area contributed by atoms with Gasteiger partial charge in [-0.15, -0.1) is 0 Å². The van der Waals surface area contributed by atoms with Gasteiger partial charge in [-0.1, -0.05) is 258 Å². The van der Waals surface area contributed by atoms with Crippen molar-refractivity contribution in [3.63, 3.8) is 0 Å². The normalized spacial score (nSPS) is 13.2. The minimum Gasteiger partial charge on any atom is -0.462 e. The first-order valence-corrected chi connectivity index (χ1v) is 27.9. The number of aliphatic hydroxyl groups is 2. The highest BCUT2D eigenvalue weighted by molar-refractivity contribution is 5.77. The van der Waals surface area contributed by atoms with Crippen molar-refractivity contribution in [3.05, 3.63) is 12.2 Å². The zero-order valence-corrected chi connectivity index (χ0v) is 42.0. The number of hydrogen-bond acceptors (Lipinski definition) is 5. The molecule has 1 amide bonds. The molecule has 6 nitrogen and oxygen atoms in total. The molecule has 0 heterocycles. The zero-order chi connectivity index (χ0) is 45.2. The summed E-state index contributed by atoms with van der Waals surface area (Å²) in [5.74, 6) is -0.465. The lowest BCUT2D eigenvalue weighted by atomic mass is 10.0. The van der Waals surface area contributed by atoms with E-state index >= 15 is 0 Å². The molecule has 0 saturated heterocycles. The summed E-state index contributed by atoms with van der Waals surface area (Å²) in [6.07, 6.45) is 57.1. The molecule has 3 unspecified atom stereocenters. The van der Waals surface area contributed by atoms with Crippen LogP contribution in [0.15, 0.2) is 12.2 Å². The van der Waals surface area contributed by atoms with Crippen molar-refractivity contribution in [1.29, 1.82) is 0 Å². The smallest absolute Gasteiger partial charge is 0.306 e. The topological polar surface area (TPSA) is 95.9 Å². The Morgan fingerprint density at radius 3 is 1.15 bits per heavy atom. The molecule has 3 atom stereocenters. The summed E-state index contributed by atoms with van der Waals surface area (Å²) in [5, 5.41) is 23.8. The summed E-state index contributed by atoms with van der Waals surface area (Å²) in [6, 6.07) is -0.696. The highest BCUT2D eigenvalue weighted by atomic mass is 16.5. The Hall–Kier alpha value is -1.40. The Kier molecular flexibility index (Phi) is 49.5. The third kappa shape index (κ3) is 45.2. The van der Waals surface area contributed by atoms with Gasteiger partial charge in [-0.2, -0.15) is 0 Å². The van der Waals surface area contributed by atoms with E-state index in [2.05, 4.69) is 38.2 Å². The third-order valence-corrected chi connectivity index (χ3v) is 13.1. The maximum Gasteiger partial charge on any atom is 0.306 e. The van der Waals surface area contributed by atoms with E-state index in [1.807, 2.05) is 0 Å². The number of unbranched alkanes of at least 4 members (excludes halogenated alkanes) is 37. The van der Waals surface area contributed by atoms with Crippen LogP contribution >= 0.6 is 0 Å². The van der Waals surface area contributed by atoms with Crippen LogP contribution < -0.4 is 5.32 Å². The van der Waals surface area contributed by atoms with Crippen LogP contribution in [0.5, 0.6) is 0 Å². The van der Waals surface area contributed by atoms with Gasteiger partial charge in [0.1, 0.15) is 6.10 Å². The van der Waals surface area contributed by atoms with Gasteiger partial charge >= 0.3 is 5.97 Å². The van der Waals surface area contributed by atoms with Gasteiger partial charge in [0.25, 0.3) is 0 Å². The molecule has 0 aliphatic rings. The Labute approximate surface area is 387 Å². The van der Waals surface area contributed by atoms with Gasteiger partial charge in [-0.05, 0) is 51.4 Å². The van der Waals surface area contributed by atoms with E-state index in [1.54, 1.807) is 0 Å². The van der Waals surface area contributed by atoms with Gasteiger partial charge in [0.15, 0.2) is 0 Å². The minimum absolute atomic E-state index is 0.0813. The van der Waals surface area contributed by atoms with Crippen LogP contribution in [0.1, 0.15) is 310 Å². The number of carbonyl (C=O) groups is 2. The highest BCUT2D eigenvalue weighted by Gasteiger charge is 2.24. The van der Waals surface area contributed by atoms with Crippen molar-refractivity contribution in [3.8, 4) is 0 Å². The quantitative estimate of drug-likeness (QED) is 0.0321. The monoisotopic (exact) mass is 876 g/mol. The van der Waals surface area contributed by atoms with Gasteiger partial charge in [0.2, 0.25) is 5.91 Å². The standard InChI is InChI=1S/C56H109NO5/c1-4-7-10-13-16-19-22-24-26-27-28-30-32-34-37-40-43-46-49-56(61)62-52(47-44-41-38-35-21-18-15-12-9-6-3)50-55(60)57-53(51-58)54(59)48-45-42-39-36-33-31-29-25-23-20-17-14-11-8-5-2/h28,30,52-54,58-59H,4-27,29,31-51H2,1-3H3,(H,57,60)/b30-28+. The number of amides is 1. The molecule has 0 spiro atoms. The molecule has 0 aliphatic carbocycles. The molecule has 0 saturated carbocycles. The van der Waals surface area contributed by atoms with Crippen LogP contribution in [0.3, 0.4) is 0 Å². The first-order chi connectivity index (χ1) is 30.5. The zero-order valence-electron chi connectivity index (χ0n) is 42.0. The third-order valence-electron chi connectivity index (χ3n) is 13.1. The van der Waals surface area contributed by atoms with E-state index in [1.165, 1.54) is 212 Å². The number of hydrogen-bond donors (Lipinski definition) is 3. The van der Waals surface area contributed by atoms with Crippen LogP contribution in [0, 0.1) is 0 Å². The minimum atomic E-state index is -0.783. The number of esters is 1. The summed E-state index contributed by atoms with van der Waals surface area (Å²) in [7, 11) is 0. The second-order valence-electron chi connectivity index (χ2n) is 19.3. The van der Waals surface area contributed by atoms with Crippen molar-refractivity contribution < 1.29 is 24.5 Å². The van der Waals surface area contributed by atoms with E-state index in [9.17, 15) is 19.8 Å². The Morgan fingerprint density at radius 1 is 0.452 bits per heavy atom. The van der Waals surface area contributed by atoms with Gasteiger partial charge in [-0.3, -0.25) is 9.59 Å². The lowest BCUT2D eigenvalue weighted by Gasteiger charge is -2.24. The fraction of sp³-hybridized carbons (Fsp3) is 0.929. The largest absolute Gasteiger partial charge is 0.462 e. The average Bonchev–Trinajstić information content (AvgIpc) is 3.26.